The molecule has 3 heterocycles. The first kappa shape index (κ1) is 14.8. The summed E-state index contributed by atoms with van der Waals surface area (Å²) in [5, 5.41) is 6.75. The van der Waals surface area contributed by atoms with Gasteiger partial charge >= 0.3 is 0 Å². The van der Waals surface area contributed by atoms with Crippen LogP contribution >= 0.6 is 11.3 Å². The van der Waals surface area contributed by atoms with Gasteiger partial charge in [-0.25, -0.2) is 0 Å². The summed E-state index contributed by atoms with van der Waals surface area (Å²) < 4.78 is 1.04. The van der Waals surface area contributed by atoms with Gasteiger partial charge in [0.25, 0.3) is 11.8 Å². The monoisotopic (exact) mass is 337 g/mol. The Morgan fingerprint density at radius 2 is 2.21 bits per heavy atom. The van der Waals surface area contributed by atoms with Crippen molar-refractivity contribution < 1.29 is 9.59 Å². The van der Waals surface area contributed by atoms with Crippen molar-refractivity contribution >= 4 is 33.2 Å². The molecule has 0 saturated carbocycles. The first-order valence-corrected chi connectivity index (χ1v) is 8.56. The second kappa shape index (κ2) is 6.05. The molecule has 0 bridgehead atoms. The van der Waals surface area contributed by atoms with E-state index < -0.39 is 0 Å². The lowest BCUT2D eigenvalue weighted by Gasteiger charge is -2.12. The Hall–Kier alpha value is -2.73. The van der Waals surface area contributed by atoms with Crippen LogP contribution in [-0.4, -0.2) is 23.3 Å². The molecule has 3 aromatic rings. The minimum Gasteiger partial charge on any atom is -0.351 e. The molecular formula is C18H15N3O2S. The van der Waals surface area contributed by atoms with Crippen molar-refractivity contribution in [2.24, 2.45) is 0 Å². The Kier molecular flexibility index (Phi) is 3.74. The number of benzene rings is 1. The molecule has 2 N–H and O–H groups in total. The van der Waals surface area contributed by atoms with Gasteiger partial charge < -0.3 is 10.6 Å². The van der Waals surface area contributed by atoms with Crippen molar-refractivity contribution in [3.8, 4) is 0 Å². The van der Waals surface area contributed by atoms with E-state index in [4.69, 9.17) is 0 Å². The first-order valence-electron chi connectivity index (χ1n) is 7.74. The molecule has 1 aromatic carbocycles. The normalized spacial score (nSPS) is 13.4. The minimum atomic E-state index is -0.136. The van der Waals surface area contributed by atoms with Gasteiger partial charge in [-0.3, -0.25) is 14.6 Å². The van der Waals surface area contributed by atoms with Crippen molar-refractivity contribution in [2.75, 3.05) is 6.54 Å². The highest BCUT2D eigenvalue weighted by molar-refractivity contribution is 7.21. The van der Waals surface area contributed by atoms with E-state index in [0.717, 1.165) is 32.6 Å². The van der Waals surface area contributed by atoms with Crippen LogP contribution < -0.4 is 10.6 Å². The summed E-state index contributed by atoms with van der Waals surface area (Å²) in [5.41, 5.74) is 2.47. The summed E-state index contributed by atoms with van der Waals surface area (Å²) in [6.07, 6.45) is 2.51. The number of carbonyl (C=O) groups excluding carboxylic acids is 2. The van der Waals surface area contributed by atoms with Crippen LogP contribution in [0.3, 0.4) is 0 Å². The number of nitrogens with one attached hydrogen (secondary N) is 2. The zero-order chi connectivity index (χ0) is 16.5. The molecule has 1 aliphatic rings. The molecule has 4 rings (SSSR count). The summed E-state index contributed by atoms with van der Waals surface area (Å²) in [6.45, 7) is 1.04. The fraction of sp³-hybridized carbons (Fsp3) is 0.167. The van der Waals surface area contributed by atoms with E-state index in [9.17, 15) is 9.59 Å². The summed E-state index contributed by atoms with van der Waals surface area (Å²) >= 11 is 1.48. The predicted molar refractivity (Wildman–Crippen MR) is 93.3 cm³/mol. The van der Waals surface area contributed by atoms with Gasteiger partial charge in [0.05, 0.1) is 17.1 Å². The Labute approximate surface area is 142 Å². The third-order valence-electron chi connectivity index (χ3n) is 4.08. The topological polar surface area (TPSA) is 71.1 Å². The molecule has 5 nitrogen and oxygen atoms in total. The Balaban J connectivity index is 1.60. The Bertz CT molecular complexity index is 934. The van der Waals surface area contributed by atoms with E-state index in [0.29, 0.717) is 18.7 Å². The minimum absolute atomic E-state index is 0.0152. The van der Waals surface area contributed by atoms with Crippen molar-refractivity contribution in [1.82, 2.24) is 15.6 Å². The number of rotatable bonds is 3. The number of aromatic nitrogens is 1. The molecule has 0 atom stereocenters. The van der Waals surface area contributed by atoms with Crippen LogP contribution in [0, 0.1) is 0 Å². The van der Waals surface area contributed by atoms with Gasteiger partial charge in [0.2, 0.25) is 0 Å². The smallest absolute Gasteiger partial charge is 0.261 e. The fourth-order valence-electron chi connectivity index (χ4n) is 2.88. The number of thiophene rings is 1. The zero-order valence-corrected chi connectivity index (χ0v) is 13.7. The molecule has 0 unspecified atom stereocenters. The molecule has 0 spiro atoms. The maximum Gasteiger partial charge on any atom is 0.261 e. The van der Waals surface area contributed by atoms with E-state index in [1.165, 1.54) is 11.3 Å². The molecular weight excluding hydrogens is 322 g/mol. The summed E-state index contributed by atoms with van der Waals surface area (Å²) in [5.74, 6) is -0.152. The van der Waals surface area contributed by atoms with Gasteiger partial charge in [0.1, 0.15) is 0 Å². The number of hydrogen-bond donors (Lipinski definition) is 2. The van der Waals surface area contributed by atoms with Gasteiger partial charge in [0, 0.05) is 23.0 Å². The highest BCUT2D eigenvalue weighted by Crippen LogP contribution is 2.33. The van der Waals surface area contributed by atoms with Gasteiger partial charge in [-0.2, -0.15) is 0 Å². The van der Waals surface area contributed by atoms with Crippen LogP contribution in [-0.2, 0) is 13.0 Å². The van der Waals surface area contributed by atoms with Crippen molar-refractivity contribution in [2.45, 2.75) is 13.0 Å². The highest BCUT2D eigenvalue weighted by atomic mass is 32.1. The second-order valence-corrected chi connectivity index (χ2v) is 6.68. The molecule has 0 radical (unpaired) electrons. The molecule has 24 heavy (non-hydrogen) atoms. The molecule has 6 heteroatoms. The van der Waals surface area contributed by atoms with Crippen molar-refractivity contribution in [3.63, 3.8) is 0 Å². The van der Waals surface area contributed by atoms with Gasteiger partial charge in [0.15, 0.2) is 0 Å². The van der Waals surface area contributed by atoms with Gasteiger partial charge in [-0.15, -0.1) is 11.3 Å². The zero-order valence-electron chi connectivity index (χ0n) is 12.8. The largest absolute Gasteiger partial charge is 0.351 e. The van der Waals surface area contributed by atoms with Crippen molar-refractivity contribution in [1.29, 1.82) is 0 Å². The maximum absolute atomic E-state index is 12.4. The highest BCUT2D eigenvalue weighted by Gasteiger charge is 2.22. The lowest BCUT2D eigenvalue weighted by Crippen LogP contribution is -2.30. The van der Waals surface area contributed by atoms with Crippen molar-refractivity contribution in [3.05, 3.63) is 64.3 Å². The van der Waals surface area contributed by atoms with E-state index in [1.54, 1.807) is 12.3 Å². The van der Waals surface area contributed by atoms with E-state index >= 15 is 0 Å². The number of nitrogens with zero attached hydrogens (tertiary/aromatic N) is 1. The number of carbonyl (C=O) groups is 2. The van der Waals surface area contributed by atoms with E-state index in [1.807, 2.05) is 30.3 Å². The van der Waals surface area contributed by atoms with Crippen LogP contribution in [0.5, 0.6) is 0 Å². The molecule has 120 valence electrons. The van der Waals surface area contributed by atoms with Gasteiger partial charge in [-0.05, 0) is 47.7 Å². The quantitative estimate of drug-likeness (QED) is 0.771. The maximum atomic E-state index is 12.4. The van der Waals surface area contributed by atoms with E-state index in [-0.39, 0.29) is 11.8 Å². The number of fused-ring (bicyclic) bond motifs is 3. The number of pyridine rings is 1. The average molecular weight is 337 g/mol. The molecule has 0 fully saturated rings. The third kappa shape index (κ3) is 2.65. The van der Waals surface area contributed by atoms with Crippen LogP contribution in [0.4, 0.5) is 0 Å². The predicted octanol–water partition coefficient (Wildman–Crippen LogP) is 2.51. The molecule has 0 aliphatic carbocycles. The standard InChI is InChI=1S/C18H15N3O2S/c22-17(21-10-12-3-1-2-7-19-12)11-4-5-15-14(9-11)13-6-8-20-18(23)16(13)24-15/h1-5,7,9H,6,8,10H2,(H,20,23)(H,21,22). The van der Waals surface area contributed by atoms with Crippen LogP contribution in [0.1, 0.15) is 31.3 Å². The molecule has 1 aliphatic heterocycles. The van der Waals surface area contributed by atoms with Crippen LogP contribution in [0.2, 0.25) is 0 Å². The lowest BCUT2D eigenvalue weighted by molar-refractivity contribution is 0.0943. The average Bonchev–Trinajstić information content (AvgIpc) is 3.00. The van der Waals surface area contributed by atoms with Crippen LogP contribution in [0.15, 0.2) is 42.6 Å². The molecule has 0 saturated heterocycles. The Morgan fingerprint density at radius 3 is 3.04 bits per heavy atom. The van der Waals surface area contributed by atoms with Crippen LogP contribution in [0.25, 0.3) is 10.1 Å². The number of amides is 2. The second-order valence-electron chi connectivity index (χ2n) is 5.63. The summed E-state index contributed by atoms with van der Waals surface area (Å²) in [7, 11) is 0. The Morgan fingerprint density at radius 1 is 1.29 bits per heavy atom. The third-order valence-corrected chi connectivity index (χ3v) is 5.29. The summed E-state index contributed by atoms with van der Waals surface area (Å²) in [4.78, 5) is 29.3. The SMILES string of the molecule is O=C(NCc1ccccn1)c1ccc2sc3c(c2c1)CCNC3=O. The first-order chi connectivity index (χ1) is 11.7. The molecule has 2 aromatic heterocycles. The van der Waals surface area contributed by atoms with Gasteiger partial charge in [-0.1, -0.05) is 6.07 Å². The fourth-order valence-corrected chi connectivity index (χ4v) is 4.03. The lowest BCUT2D eigenvalue weighted by atomic mass is 10.0. The van der Waals surface area contributed by atoms with E-state index in [2.05, 4.69) is 15.6 Å². The summed E-state index contributed by atoms with van der Waals surface area (Å²) in [6, 6.07) is 11.2. The molecule has 2 amide bonds. The number of hydrogen-bond acceptors (Lipinski definition) is 4.